The Hall–Kier alpha value is -1.14. The Bertz CT molecular complexity index is 867. The Morgan fingerprint density at radius 2 is 0.672 bits per heavy atom. The van der Waals surface area contributed by atoms with Gasteiger partial charge >= 0.3 is 5.97 Å². The Labute approximate surface area is 381 Å². The number of unbranched alkanes of at least 4 members (excludes halogenated alkanes) is 41. The van der Waals surface area contributed by atoms with Crippen molar-refractivity contribution in [2.24, 2.45) is 0 Å². The fourth-order valence-corrected chi connectivity index (χ4v) is 8.88. The summed E-state index contributed by atoms with van der Waals surface area (Å²) in [6, 6.07) is -0.547. The first-order chi connectivity index (χ1) is 30.0. The first kappa shape index (κ1) is 59.9. The molecule has 0 spiro atoms. The van der Waals surface area contributed by atoms with E-state index in [1.807, 2.05) is 0 Å². The van der Waals surface area contributed by atoms with E-state index in [1.165, 1.54) is 231 Å². The van der Waals surface area contributed by atoms with Gasteiger partial charge in [0.15, 0.2) is 0 Å². The SMILES string of the molecule is CCCCCCCCCCCCCCCCCCCC(=O)OCCCCCCCCCCCCCCCCC(=O)NC(CO)C(O)CCCCCCCCCCCCCCC. The molecule has 2 atom stereocenters. The van der Waals surface area contributed by atoms with Crippen molar-refractivity contribution in [3.8, 4) is 0 Å². The summed E-state index contributed by atoms with van der Waals surface area (Å²) in [5, 5.41) is 23.2. The summed E-state index contributed by atoms with van der Waals surface area (Å²) in [6.07, 6.45) is 57.9. The molecule has 0 bridgehead atoms. The summed E-state index contributed by atoms with van der Waals surface area (Å²) >= 11 is 0. The van der Waals surface area contributed by atoms with Crippen molar-refractivity contribution in [3.63, 3.8) is 0 Å². The largest absolute Gasteiger partial charge is 0.466 e. The van der Waals surface area contributed by atoms with Gasteiger partial charge in [-0.15, -0.1) is 0 Å². The van der Waals surface area contributed by atoms with Gasteiger partial charge in [-0.3, -0.25) is 9.59 Å². The second kappa shape index (κ2) is 51.5. The van der Waals surface area contributed by atoms with Gasteiger partial charge in [0.25, 0.3) is 0 Å². The number of hydrogen-bond acceptors (Lipinski definition) is 5. The summed E-state index contributed by atoms with van der Waals surface area (Å²) in [4.78, 5) is 24.5. The number of hydrogen-bond donors (Lipinski definition) is 3. The van der Waals surface area contributed by atoms with Crippen molar-refractivity contribution >= 4 is 11.9 Å². The summed E-state index contributed by atoms with van der Waals surface area (Å²) in [5.74, 6) is -0.0411. The fraction of sp³-hybridized carbons (Fsp3) is 0.964. The van der Waals surface area contributed by atoms with Crippen molar-refractivity contribution in [3.05, 3.63) is 0 Å². The van der Waals surface area contributed by atoms with E-state index in [2.05, 4.69) is 19.2 Å². The fourth-order valence-electron chi connectivity index (χ4n) is 8.88. The number of carbonyl (C=O) groups excluding carboxylic acids is 2. The number of rotatable bonds is 52. The average molecular weight is 864 g/mol. The van der Waals surface area contributed by atoms with Crippen molar-refractivity contribution in [1.82, 2.24) is 5.32 Å². The van der Waals surface area contributed by atoms with Gasteiger partial charge in [-0.25, -0.2) is 0 Å². The molecule has 0 aliphatic carbocycles. The molecule has 0 aliphatic rings. The quantitative estimate of drug-likeness (QED) is 0.0418. The number of aliphatic hydroxyl groups is 2. The molecule has 364 valence electrons. The van der Waals surface area contributed by atoms with Gasteiger partial charge in [0.05, 0.1) is 25.4 Å². The number of nitrogens with one attached hydrogen (secondary N) is 1. The van der Waals surface area contributed by atoms with E-state index in [4.69, 9.17) is 4.74 Å². The van der Waals surface area contributed by atoms with Crippen LogP contribution >= 0.6 is 0 Å². The van der Waals surface area contributed by atoms with E-state index in [0.717, 1.165) is 51.4 Å². The summed E-state index contributed by atoms with van der Waals surface area (Å²) in [5.41, 5.74) is 0. The molecule has 1 amide bonds. The molecule has 0 aromatic rings. The predicted octanol–water partition coefficient (Wildman–Crippen LogP) is 16.7. The molecule has 0 aromatic heterocycles. The van der Waals surface area contributed by atoms with E-state index >= 15 is 0 Å². The van der Waals surface area contributed by atoms with Crippen LogP contribution in [0.1, 0.15) is 316 Å². The van der Waals surface area contributed by atoms with E-state index in [0.29, 0.717) is 25.9 Å². The van der Waals surface area contributed by atoms with Crippen LogP contribution < -0.4 is 5.32 Å². The number of amides is 1. The molecular weight excluding hydrogens is 755 g/mol. The average Bonchev–Trinajstić information content (AvgIpc) is 3.26. The number of esters is 1. The van der Waals surface area contributed by atoms with Crippen molar-refractivity contribution in [2.75, 3.05) is 13.2 Å². The van der Waals surface area contributed by atoms with Gasteiger partial charge in [-0.2, -0.15) is 0 Å². The minimum absolute atomic E-state index is 0.00251. The molecule has 0 heterocycles. The molecule has 0 fully saturated rings. The zero-order valence-electron chi connectivity index (χ0n) is 41.4. The highest BCUT2D eigenvalue weighted by Crippen LogP contribution is 2.18. The lowest BCUT2D eigenvalue weighted by Gasteiger charge is -2.22. The third-order valence-electron chi connectivity index (χ3n) is 13.2. The van der Waals surface area contributed by atoms with E-state index in [-0.39, 0.29) is 18.5 Å². The highest BCUT2D eigenvalue weighted by Gasteiger charge is 2.20. The first-order valence-electron chi connectivity index (χ1n) is 27.8. The number of ether oxygens (including phenoxy) is 1. The monoisotopic (exact) mass is 864 g/mol. The lowest BCUT2D eigenvalue weighted by atomic mass is 10.0. The first-order valence-corrected chi connectivity index (χ1v) is 27.8. The van der Waals surface area contributed by atoms with Crippen LogP contribution in [-0.4, -0.2) is 47.4 Å². The normalized spacial score (nSPS) is 12.5. The third kappa shape index (κ3) is 48.2. The second-order valence-corrected chi connectivity index (χ2v) is 19.3. The van der Waals surface area contributed by atoms with Crippen molar-refractivity contribution in [1.29, 1.82) is 0 Å². The number of aliphatic hydroxyl groups excluding tert-OH is 2. The minimum Gasteiger partial charge on any atom is -0.466 e. The summed E-state index contributed by atoms with van der Waals surface area (Å²) < 4.78 is 5.48. The van der Waals surface area contributed by atoms with Crippen LogP contribution in [-0.2, 0) is 14.3 Å². The van der Waals surface area contributed by atoms with Crippen LogP contribution in [0.25, 0.3) is 0 Å². The van der Waals surface area contributed by atoms with Crippen LogP contribution in [0.3, 0.4) is 0 Å². The molecule has 0 saturated heterocycles. The molecular formula is C55H109NO5. The second-order valence-electron chi connectivity index (χ2n) is 19.3. The molecule has 6 heteroatoms. The van der Waals surface area contributed by atoms with Gasteiger partial charge in [0.2, 0.25) is 5.91 Å². The minimum atomic E-state index is -0.669. The van der Waals surface area contributed by atoms with Gasteiger partial charge < -0.3 is 20.3 Å². The topological polar surface area (TPSA) is 95.9 Å². The van der Waals surface area contributed by atoms with Crippen molar-refractivity contribution in [2.45, 2.75) is 328 Å². The van der Waals surface area contributed by atoms with Gasteiger partial charge in [-0.1, -0.05) is 277 Å². The maximum Gasteiger partial charge on any atom is 0.305 e. The van der Waals surface area contributed by atoms with Crippen LogP contribution in [0.2, 0.25) is 0 Å². The molecule has 6 nitrogen and oxygen atoms in total. The predicted molar refractivity (Wildman–Crippen MR) is 264 cm³/mol. The maximum absolute atomic E-state index is 12.4. The number of carbonyl (C=O) groups is 2. The van der Waals surface area contributed by atoms with Crippen LogP contribution in [0.4, 0.5) is 0 Å². The van der Waals surface area contributed by atoms with Crippen molar-refractivity contribution < 1.29 is 24.5 Å². The smallest absolute Gasteiger partial charge is 0.305 e. The van der Waals surface area contributed by atoms with Crippen LogP contribution in [0.5, 0.6) is 0 Å². The molecule has 0 saturated carbocycles. The van der Waals surface area contributed by atoms with E-state index in [9.17, 15) is 19.8 Å². The van der Waals surface area contributed by atoms with Gasteiger partial charge in [0.1, 0.15) is 0 Å². The summed E-state index contributed by atoms with van der Waals surface area (Å²) in [6.45, 7) is 4.95. The zero-order chi connectivity index (χ0) is 44.4. The Morgan fingerprint density at radius 3 is 1.00 bits per heavy atom. The van der Waals surface area contributed by atoms with Crippen LogP contribution in [0.15, 0.2) is 0 Å². The molecule has 2 unspecified atom stereocenters. The Kier molecular flexibility index (Phi) is 50.5. The summed E-state index contributed by atoms with van der Waals surface area (Å²) in [7, 11) is 0. The van der Waals surface area contributed by atoms with Gasteiger partial charge in [-0.05, 0) is 25.7 Å². The van der Waals surface area contributed by atoms with Crippen LogP contribution in [0, 0.1) is 0 Å². The van der Waals surface area contributed by atoms with E-state index < -0.39 is 12.1 Å². The molecule has 0 aliphatic heterocycles. The molecule has 0 aromatic carbocycles. The standard InChI is InChI=1S/C55H109NO5/c1-3-5-7-9-11-13-15-17-18-19-20-25-29-33-37-41-45-49-55(60)61-50-46-42-38-34-30-26-22-21-24-28-32-36-40-44-48-54(59)56-52(51-57)53(58)47-43-39-35-31-27-23-16-14-12-10-8-6-4-2/h52-53,57-58H,3-51H2,1-2H3,(H,56,59). The highest BCUT2D eigenvalue weighted by atomic mass is 16.5. The molecule has 61 heavy (non-hydrogen) atoms. The lowest BCUT2D eigenvalue weighted by molar-refractivity contribution is -0.143. The highest BCUT2D eigenvalue weighted by molar-refractivity contribution is 5.76. The molecule has 3 N–H and O–H groups in total. The molecule has 0 radical (unpaired) electrons. The Morgan fingerprint density at radius 1 is 0.393 bits per heavy atom. The third-order valence-corrected chi connectivity index (χ3v) is 13.2. The Balaban J connectivity index is 3.40. The maximum atomic E-state index is 12.4. The van der Waals surface area contributed by atoms with E-state index in [1.54, 1.807) is 0 Å². The lowest BCUT2D eigenvalue weighted by Crippen LogP contribution is -2.45. The van der Waals surface area contributed by atoms with Gasteiger partial charge in [0, 0.05) is 12.8 Å². The zero-order valence-corrected chi connectivity index (χ0v) is 41.4. The molecule has 0 rings (SSSR count).